The van der Waals surface area contributed by atoms with E-state index in [0.717, 1.165) is 19.3 Å². The van der Waals surface area contributed by atoms with Crippen molar-refractivity contribution in [3.63, 3.8) is 0 Å². The van der Waals surface area contributed by atoms with Gasteiger partial charge in [0.2, 0.25) is 5.91 Å². The van der Waals surface area contributed by atoms with Gasteiger partial charge in [0.1, 0.15) is 6.04 Å². The van der Waals surface area contributed by atoms with Crippen molar-refractivity contribution in [1.29, 1.82) is 5.26 Å². The number of amides is 1. The highest BCUT2D eigenvalue weighted by Crippen LogP contribution is 2.24. The van der Waals surface area contributed by atoms with Crippen molar-refractivity contribution in [2.45, 2.75) is 51.6 Å². The fourth-order valence-electron chi connectivity index (χ4n) is 1.94. The quantitative estimate of drug-likeness (QED) is 0.663. The number of carbonyl (C=O) groups is 1. The first-order valence-corrected chi connectivity index (χ1v) is 4.95. The molecule has 0 spiro atoms. The van der Waals surface area contributed by atoms with Crippen LogP contribution < -0.4 is 0 Å². The summed E-state index contributed by atoms with van der Waals surface area (Å²) >= 11 is 0. The SMILES string of the molecule is CCC(C#N)N1C(=O)CCC1CC. The Morgan fingerprint density at radius 2 is 2.38 bits per heavy atom. The standard InChI is InChI=1S/C10H16N2O/c1-3-8-5-6-10(13)12(8)9(4-2)7-11/h8-9H,3-6H2,1-2H3. The molecule has 2 unspecified atom stereocenters. The zero-order valence-corrected chi connectivity index (χ0v) is 8.29. The molecule has 0 aromatic carbocycles. The molecule has 0 aliphatic carbocycles. The fraction of sp³-hybridized carbons (Fsp3) is 0.800. The van der Waals surface area contributed by atoms with Crippen molar-refractivity contribution in [3.8, 4) is 6.07 Å². The van der Waals surface area contributed by atoms with E-state index in [2.05, 4.69) is 13.0 Å². The zero-order valence-electron chi connectivity index (χ0n) is 8.29. The minimum Gasteiger partial charge on any atom is -0.324 e. The molecular weight excluding hydrogens is 164 g/mol. The van der Waals surface area contributed by atoms with Crippen molar-refractivity contribution in [2.75, 3.05) is 0 Å². The van der Waals surface area contributed by atoms with E-state index in [9.17, 15) is 4.79 Å². The molecule has 0 aromatic rings. The summed E-state index contributed by atoms with van der Waals surface area (Å²) in [7, 11) is 0. The van der Waals surface area contributed by atoms with Crippen LogP contribution in [0.25, 0.3) is 0 Å². The summed E-state index contributed by atoms with van der Waals surface area (Å²) in [6.45, 7) is 4.02. The molecule has 72 valence electrons. The molecule has 0 saturated carbocycles. The topological polar surface area (TPSA) is 44.1 Å². The van der Waals surface area contributed by atoms with E-state index >= 15 is 0 Å². The highest BCUT2D eigenvalue weighted by molar-refractivity contribution is 5.79. The maximum atomic E-state index is 11.5. The second-order valence-corrected chi connectivity index (χ2v) is 3.45. The lowest BCUT2D eigenvalue weighted by Crippen LogP contribution is -2.40. The molecule has 1 saturated heterocycles. The number of nitriles is 1. The lowest BCUT2D eigenvalue weighted by Gasteiger charge is -2.27. The third-order valence-corrected chi connectivity index (χ3v) is 2.72. The van der Waals surface area contributed by atoms with Gasteiger partial charge in [0, 0.05) is 12.5 Å². The maximum Gasteiger partial charge on any atom is 0.223 e. The van der Waals surface area contributed by atoms with Crippen LogP contribution in [0.4, 0.5) is 0 Å². The molecule has 0 N–H and O–H groups in total. The van der Waals surface area contributed by atoms with Crippen molar-refractivity contribution >= 4 is 5.91 Å². The van der Waals surface area contributed by atoms with Gasteiger partial charge in [-0.25, -0.2) is 0 Å². The molecule has 0 bridgehead atoms. The summed E-state index contributed by atoms with van der Waals surface area (Å²) in [5.74, 6) is 0.153. The monoisotopic (exact) mass is 180 g/mol. The van der Waals surface area contributed by atoms with Gasteiger partial charge < -0.3 is 4.90 Å². The highest BCUT2D eigenvalue weighted by atomic mass is 16.2. The fourth-order valence-corrected chi connectivity index (χ4v) is 1.94. The third-order valence-electron chi connectivity index (χ3n) is 2.72. The molecule has 1 fully saturated rings. The molecule has 0 aromatic heterocycles. The van der Waals surface area contributed by atoms with Gasteiger partial charge in [-0.3, -0.25) is 4.79 Å². The first-order valence-electron chi connectivity index (χ1n) is 4.95. The molecular formula is C10H16N2O. The Kier molecular flexibility index (Phi) is 3.30. The van der Waals surface area contributed by atoms with Gasteiger partial charge in [0.05, 0.1) is 6.07 Å². The molecule has 2 atom stereocenters. The summed E-state index contributed by atoms with van der Waals surface area (Å²) in [5.41, 5.74) is 0. The van der Waals surface area contributed by atoms with Gasteiger partial charge in [0.15, 0.2) is 0 Å². The van der Waals surface area contributed by atoms with Crippen molar-refractivity contribution < 1.29 is 4.79 Å². The Labute approximate surface area is 79.3 Å². The third kappa shape index (κ3) is 1.82. The molecule has 1 aliphatic heterocycles. The van der Waals surface area contributed by atoms with E-state index in [1.165, 1.54) is 0 Å². The number of hydrogen-bond donors (Lipinski definition) is 0. The number of carbonyl (C=O) groups excluding carboxylic acids is 1. The van der Waals surface area contributed by atoms with Gasteiger partial charge in [0.25, 0.3) is 0 Å². The Bertz CT molecular complexity index is 232. The van der Waals surface area contributed by atoms with Crippen LogP contribution in [0.3, 0.4) is 0 Å². The van der Waals surface area contributed by atoms with Crippen molar-refractivity contribution in [3.05, 3.63) is 0 Å². The molecule has 1 aliphatic rings. The van der Waals surface area contributed by atoms with Crippen LogP contribution in [0, 0.1) is 11.3 Å². The van der Waals surface area contributed by atoms with E-state index < -0.39 is 0 Å². The second kappa shape index (κ2) is 4.27. The number of nitrogens with zero attached hydrogens (tertiary/aromatic N) is 2. The smallest absolute Gasteiger partial charge is 0.223 e. The van der Waals surface area contributed by atoms with Crippen molar-refractivity contribution in [2.24, 2.45) is 0 Å². The van der Waals surface area contributed by atoms with Gasteiger partial charge >= 0.3 is 0 Å². The van der Waals surface area contributed by atoms with Crippen LogP contribution in [0.2, 0.25) is 0 Å². The van der Waals surface area contributed by atoms with Crippen LogP contribution in [0.5, 0.6) is 0 Å². The van der Waals surface area contributed by atoms with Gasteiger partial charge in [-0.05, 0) is 19.3 Å². The van der Waals surface area contributed by atoms with E-state index in [1.807, 2.05) is 6.92 Å². The van der Waals surface area contributed by atoms with Crippen LogP contribution in [0.15, 0.2) is 0 Å². The predicted octanol–water partition coefficient (Wildman–Crippen LogP) is 1.69. The molecule has 1 amide bonds. The van der Waals surface area contributed by atoms with Crippen LogP contribution in [-0.4, -0.2) is 22.9 Å². The van der Waals surface area contributed by atoms with E-state index in [0.29, 0.717) is 12.5 Å². The molecule has 1 heterocycles. The summed E-state index contributed by atoms with van der Waals surface area (Å²) in [4.78, 5) is 13.3. The highest BCUT2D eigenvalue weighted by Gasteiger charge is 2.34. The van der Waals surface area contributed by atoms with Crippen molar-refractivity contribution in [1.82, 2.24) is 4.90 Å². The molecule has 13 heavy (non-hydrogen) atoms. The largest absolute Gasteiger partial charge is 0.324 e. The number of hydrogen-bond acceptors (Lipinski definition) is 2. The number of rotatable bonds is 3. The molecule has 3 nitrogen and oxygen atoms in total. The second-order valence-electron chi connectivity index (χ2n) is 3.45. The Balaban J connectivity index is 2.74. The molecule has 3 heteroatoms. The summed E-state index contributed by atoms with van der Waals surface area (Å²) in [5, 5.41) is 8.87. The van der Waals surface area contributed by atoms with E-state index in [1.54, 1.807) is 4.90 Å². The van der Waals surface area contributed by atoms with E-state index in [-0.39, 0.29) is 11.9 Å². The molecule has 1 rings (SSSR count). The molecule has 0 radical (unpaired) electrons. The average Bonchev–Trinajstić information content (AvgIpc) is 2.51. The van der Waals surface area contributed by atoms with Crippen LogP contribution in [0.1, 0.15) is 39.5 Å². The van der Waals surface area contributed by atoms with Crippen LogP contribution in [-0.2, 0) is 4.79 Å². The zero-order chi connectivity index (χ0) is 9.84. The maximum absolute atomic E-state index is 11.5. The summed E-state index contributed by atoms with van der Waals surface area (Å²) in [6, 6.07) is 2.29. The summed E-state index contributed by atoms with van der Waals surface area (Å²) in [6.07, 6.45) is 3.24. The Hall–Kier alpha value is -1.04. The van der Waals surface area contributed by atoms with Gasteiger partial charge in [-0.15, -0.1) is 0 Å². The first kappa shape index (κ1) is 10.0. The van der Waals surface area contributed by atoms with E-state index in [4.69, 9.17) is 5.26 Å². The lowest BCUT2D eigenvalue weighted by atomic mass is 10.1. The van der Waals surface area contributed by atoms with Gasteiger partial charge in [-0.2, -0.15) is 5.26 Å². The Morgan fingerprint density at radius 1 is 1.69 bits per heavy atom. The first-order chi connectivity index (χ1) is 6.24. The summed E-state index contributed by atoms with van der Waals surface area (Å²) < 4.78 is 0. The van der Waals surface area contributed by atoms with Gasteiger partial charge in [-0.1, -0.05) is 13.8 Å². The lowest BCUT2D eigenvalue weighted by molar-refractivity contribution is -0.130. The minimum absolute atomic E-state index is 0.153. The predicted molar refractivity (Wildman–Crippen MR) is 49.9 cm³/mol. The minimum atomic E-state index is -0.208. The van der Waals surface area contributed by atoms with Crippen LogP contribution >= 0.6 is 0 Å². The normalized spacial score (nSPS) is 24.5. The average molecular weight is 180 g/mol. The Morgan fingerprint density at radius 3 is 2.85 bits per heavy atom. The number of likely N-dealkylation sites (tertiary alicyclic amines) is 1.